The Kier molecular flexibility index (Phi) is 5.13. The van der Waals surface area contributed by atoms with Gasteiger partial charge in [0.1, 0.15) is 5.82 Å². The van der Waals surface area contributed by atoms with Gasteiger partial charge in [-0.05, 0) is 49.2 Å². The molecule has 1 aliphatic heterocycles. The molecule has 0 unspecified atom stereocenters. The van der Waals surface area contributed by atoms with E-state index >= 15 is 0 Å². The zero-order chi connectivity index (χ0) is 20.4. The fraction of sp³-hybridized carbons (Fsp3) is 0.304. The normalized spacial score (nSPS) is 13.8. The second-order valence-electron chi connectivity index (χ2n) is 7.41. The minimum Gasteiger partial charge on any atom is -0.311 e. The quantitative estimate of drug-likeness (QED) is 0.673. The Morgan fingerprint density at radius 1 is 1.14 bits per heavy atom. The van der Waals surface area contributed by atoms with E-state index in [-0.39, 0.29) is 11.5 Å². The first-order valence-corrected chi connectivity index (χ1v) is 9.90. The molecular formula is C23H22N4O2. The Morgan fingerprint density at radius 2 is 1.97 bits per heavy atom. The SMILES string of the molecule is CN(C(=O)c1ccc2c(=O)n3c(nc2c1)CCCCCC3)c1cccc(C#N)c1. The van der Waals surface area contributed by atoms with Gasteiger partial charge in [0.05, 0.1) is 22.5 Å². The molecule has 1 aliphatic rings. The van der Waals surface area contributed by atoms with Gasteiger partial charge in [-0.3, -0.25) is 14.2 Å². The number of nitriles is 1. The first kappa shape index (κ1) is 18.9. The van der Waals surface area contributed by atoms with Gasteiger partial charge in [0.15, 0.2) is 0 Å². The van der Waals surface area contributed by atoms with E-state index in [0.29, 0.717) is 34.3 Å². The number of nitrogens with zero attached hydrogens (tertiary/aromatic N) is 4. The highest BCUT2D eigenvalue weighted by atomic mass is 16.2. The molecule has 4 rings (SSSR count). The number of fused-ring (bicyclic) bond motifs is 2. The number of benzene rings is 2. The maximum Gasteiger partial charge on any atom is 0.261 e. The van der Waals surface area contributed by atoms with Crippen molar-refractivity contribution in [3.05, 3.63) is 69.8 Å². The van der Waals surface area contributed by atoms with Crippen molar-refractivity contribution in [2.75, 3.05) is 11.9 Å². The van der Waals surface area contributed by atoms with Gasteiger partial charge < -0.3 is 4.90 Å². The highest BCUT2D eigenvalue weighted by molar-refractivity contribution is 6.07. The first-order valence-electron chi connectivity index (χ1n) is 9.90. The molecule has 146 valence electrons. The third kappa shape index (κ3) is 3.64. The van der Waals surface area contributed by atoms with Gasteiger partial charge in [-0.15, -0.1) is 0 Å². The van der Waals surface area contributed by atoms with Crippen LogP contribution in [0.5, 0.6) is 0 Å². The number of carbonyl (C=O) groups excluding carboxylic acids is 1. The number of amides is 1. The van der Waals surface area contributed by atoms with E-state index < -0.39 is 0 Å². The lowest BCUT2D eigenvalue weighted by atomic mass is 10.1. The molecule has 1 aromatic heterocycles. The minimum atomic E-state index is -0.212. The largest absolute Gasteiger partial charge is 0.311 e. The van der Waals surface area contributed by atoms with Crippen LogP contribution in [0.2, 0.25) is 0 Å². The molecule has 0 saturated heterocycles. The highest BCUT2D eigenvalue weighted by Gasteiger charge is 2.17. The standard InChI is InChI=1S/C23H22N4O2/c1-26(18-8-6-7-16(13-18)15-24)22(28)17-10-11-19-20(14-17)25-21-9-4-2-3-5-12-27(21)23(19)29/h6-8,10-11,13-14H,2-5,9,12H2,1H3. The second-order valence-corrected chi connectivity index (χ2v) is 7.41. The van der Waals surface area contributed by atoms with Gasteiger partial charge in [0, 0.05) is 31.3 Å². The van der Waals surface area contributed by atoms with E-state index in [2.05, 4.69) is 6.07 Å². The monoisotopic (exact) mass is 386 g/mol. The fourth-order valence-corrected chi connectivity index (χ4v) is 3.82. The van der Waals surface area contributed by atoms with Gasteiger partial charge in [0.25, 0.3) is 11.5 Å². The lowest BCUT2D eigenvalue weighted by Crippen LogP contribution is -2.28. The van der Waals surface area contributed by atoms with E-state index in [0.717, 1.165) is 37.9 Å². The van der Waals surface area contributed by atoms with Crippen molar-refractivity contribution in [3.63, 3.8) is 0 Å². The van der Waals surface area contributed by atoms with Crippen molar-refractivity contribution in [2.24, 2.45) is 0 Å². The number of carbonyl (C=O) groups is 1. The summed E-state index contributed by atoms with van der Waals surface area (Å²) in [5, 5.41) is 9.63. The van der Waals surface area contributed by atoms with Gasteiger partial charge >= 0.3 is 0 Å². The molecule has 2 aromatic carbocycles. The highest BCUT2D eigenvalue weighted by Crippen LogP contribution is 2.20. The molecule has 0 atom stereocenters. The van der Waals surface area contributed by atoms with Gasteiger partial charge in [0.2, 0.25) is 0 Å². The molecule has 1 amide bonds. The van der Waals surface area contributed by atoms with Crippen molar-refractivity contribution in [1.82, 2.24) is 9.55 Å². The molecule has 6 heteroatoms. The topological polar surface area (TPSA) is 79.0 Å². The Hall–Kier alpha value is -3.46. The smallest absolute Gasteiger partial charge is 0.261 e. The molecule has 0 aliphatic carbocycles. The van der Waals surface area contributed by atoms with Gasteiger partial charge in [-0.1, -0.05) is 18.9 Å². The molecule has 0 fully saturated rings. The van der Waals surface area contributed by atoms with Crippen molar-refractivity contribution in [3.8, 4) is 6.07 Å². The Labute approximate surface area is 169 Å². The average molecular weight is 386 g/mol. The van der Waals surface area contributed by atoms with Gasteiger partial charge in [-0.2, -0.15) is 5.26 Å². The summed E-state index contributed by atoms with van der Waals surface area (Å²) < 4.78 is 1.79. The van der Waals surface area contributed by atoms with Crippen LogP contribution in [0, 0.1) is 11.3 Å². The number of hydrogen-bond acceptors (Lipinski definition) is 4. The molecule has 3 aromatic rings. The molecule has 29 heavy (non-hydrogen) atoms. The first-order chi connectivity index (χ1) is 14.1. The van der Waals surface area contributed by atoms with Crippen LogP contribution in [0.4, 0.5) is 5.69 Å². The lowest BCUT2D eigenvalue weighted by molar-refractivity contribution is 0.0993. The number of hydrogen-bond donors (Lipinski definition) is 0. The Balaban J connectivity index is 1.73. The van der Waals surface area contributed by atoms with Crippen molar-refractivity contribution in [2.45, 2.75) is 38.6 Å². The van der Waals surface area contributed by atoms with Crippen LogP contribution in [0.3, 0.4) is 0 Å². The van der Waals surface area contributed by atoms with Crippen LogP contribution < -0.4 is 10.5 Å². The molecule has 0 spiro atoms. The maximum absolute atomic E-state index is 13.0. The zero-order valence-electron chi connectivity index (χ0n) is 16.4. The number of anilines is 1. The fourth-order valence-electron chi connectivity index (χ4n) is 3.82. The van der Waals surface area contributed by atoms with Crippen molar-refractivity contribution in [1.29, 1.82) is 5.26 Å². The van der Waals surface area contributed by atoms with Crippen LogP contribution in [0.25, 0.3) is 10.9 Å². The molecule has 0 N–H and O–H groups in total. The summed E-state index contributed by atoms with van der Waals surface area (Å²) in [4.78, 5) is 32.2. The maximum atomic E-state index is 13.0. The summed E-state index contributed by atoms with van der Waals surface area (Å²) in [6.45, 7) is 0.704. The molecule has 0 radical (unpaired) electrons. The summed E-state index contributed by atoms with van der Waals surface area (Å²) in [6, 6.07) is 14.1. The number of aromatic nitrogens is 2. The second kappa shape index (κ2) is 7.88. The van der Waals surface area contributed by atoms with Crippen LogP contribution in [0.1, 0.15) is 47.4 Å². The van der Waals surface area contributed by atoms with Crippen LogP contribution >= 0.6 is 0 Å². The van der Waals surface area contributed by atoms with E-state index in [4.69, 9.17) is 10.2 Å². The summed E-state index contributed by atoms with van der Waals surface area (Å²) in [6.07, 6.45) is 5.08. The van der Waals surface area contributed by atoms with E-state index in [1.807, 2.05) is 0 Å². The molecular weight excluding hydrogens is 364 g/mol. The van der Waals surface area contributed by atoms with Crippen molar-refractivity contribution >= 4 is 22.5 Å². The molecule has 6 nitrogen and oxygen atoms in total. The van der Waals surface area contributed by atoms with E-state index in [1.54, 1.807) is 54.1 Å². The lowest BCUT2D eigenvalue weighted by Gasteiger charge is -2.19. The van der Waals surface area contributed by atoms with E-state index in [1.165, 1.54) is 4.90 Å². The van der Waals surface area contributed by atoms with Crippen LogP contribution in [0.15, 0.2) is 47.3 Å². The summed E-state index contributed by atoms with van der Waals surface area (Å²) in [5.41, 5.74) is 2.13. The average Bonchev–Trinajstić information content (AvgIpc) is 2.73. The predicted octanol–water partition coefficient (Wildman–Crippen LogP) is 3.66. The van der Waals surface area contributed by atoms with Gasteiger partial charge in [-0.25, -0.2) is 4.98 Å². The molecule has 0 bridgehead atoms. The summed E-state index contributed by atoms with van der Waals surface area (Å²) >= 11 is 0. The third-order valence-corrected chi connectivity index (χ3v) is 5.48. The predicted molar refractivity (Wildman–Crippen MR) is 112 cm³/mol. The summed E-state index contributed by atoms with van der Waals surface area (Å²) in [5.74, 6) is 0.595. The third-order valence-electron chi connectivity index (χ3n) is 5.48. The summed E-state index contributed by atoms with van der Waals surface area (Å²) in [7, 11) is 1.67. The van der Waals surface area contributed by atoms with Crippen molar-refractivity contribution < 1.29 is 4.79 Å². The minimum absolute atomic E-state index is 0.0269. The molecule has 2 heterocycles. The Morgan fingerprint density at radius 3 is 2.79 bits per heavy atom. The Bertz CT molecular complexity index is 1190. The number of aryl methyl sites for hydroxylation is 1. The zero-order valence-corrected chi connectivity index (χ0v) is 16.4. The van der Waals surface area contributed by atoms with Crippen LogP contribution in [-0.2, 0) is 13.0 Å². The van der Waals surface area contributed by atoms with E-state index in [9.17, 15) is 9.59 Å². The molecule has 0 saturated carbocycles. The number of rotatable bonds is 2. The van der Waals surface area contributed by atoms with Crippen LogP contribution in [-0.4, -0.2) is 22.5 Å².